The molecule has 0 aliphatic carbocycles. The average molecular weight is 941 g/mol. The van der Waals surface area contributed by atoms with Crippen LogP contribution in [0.15, 0.2) is 97.5 Å². The number of hydrogen-bond donors (Lipinski definition) is 1. The van der Waals surface area contributed by atoms with Gasteiger partial charge in [-0.15, -0.1) is 11.3 Å². The molecule has 3 atom stereocenters. The van der Waals surface area contributed by atoms with E-state index in [1.165, 1.54) is 29.8 Å². The lowest BCUT2D eigenvalue weighted by molar-refractivity contribution is -0.145. The lowest BCUT2D eigenvalue weighted by Gasteiger charge is -2.26. The van der Waals surface area contributed by atoms with E-state index in [2.05, 4.69) is 15.0 Å². The number of para-hydroxylation sites is 1. The third-order valence-corrected chi connectivity index (χ3v) is 12.6. The Balaban J connectivity index is 0.00000630. The van der Waals surface area contributed by atoms with Gasteiger partial charge >= 0.3 is 5.97 Å². The lowest BCUT2D eigenvalue weighted by atomic mass is 9.96. The average Bonchev–Trinajstić information content (AvgIpc) is 3.68. The monoisotopic (exact) mass is 940 g/mol. The lowest BCUT2D eigenvalue weighted by Crippen LogP contribution is -2.39. The van der Waals surface area contributed by atoms with Crippen molar-refractivity contribution in [3.63, 3.8) is 0 Å². The van der Waals surface area contributed by atoms with E-state index >= 15 is 0 Å². The molecule has 0 radical (unpaired) electrons. The fraction of sp³-hybridized carbons (Fsp3) is 0.255. The third kappa shape index (κ3) is 10.7. The van der Waals surface area contributed by atoms with Crippen molar-refractivity contribution < 1.29 is 46.7 Å². The Morgan fingerprint density at radius 1 is 1.03 bits per heavy atom. The van der Waals surface area contributed by atoms with Gasteiger partial charge in [0.15, 0.2) is 5.82 Å². The van der Waals surface area contributed by atoms with Crippen molar-refractivity contribution in [3.05, 3.63) is 125 Å². The molecule has 4 aromatic carbocycles. The van der Waals surface area contributed by atoms with Crippen LogP contribution in [0.1, 0.15) is 24.2 Å². The van der Waals surface area contributed by atoms with Gasteiger partial charge in [0.05, 0.1) is 28.8 Å². The van der Waals surface area contributed by atoms with Gasteiger partial charge in [0, 0.05) is 47.5 Å². The van der Waals surface area contributed by atoms with Crippen LogP contribution in [0.3, 0.4) is 0 Å². The van der Waals surface area contributed by atoms with Crippen LogP contribution in [0.25, 0.3) is 43.2 Å². The second-order valence-corrected chi connectivity index (χ2v) is 17.2. The number of likely N-dealkylation sites (N-methyl/N-ethyl adjacent to an activating group) is 1. The van der Waals surface area contributed by atoms with Gasteiger partial charge in [-0.1, -0.05) is 60.4 Å². The predicted octanol–water partition coefficient (Wildman–Crippen LogP) is 8.83. The van der Waals surface area contributed by atoms with Crippen LogP contribution in [-0.2, 0) is 28.9 Å². The Morgan fingerprint density at radius 3 is 2.60 bits per heavy atom. The van der Waals surface area contributed by atoms with Gasteiger partial charge in [0.2, 0.25) is 12.0 Å². The Labute approximate surface area is 386 Å². The Kier molecular flexibility index (Phi) is 14.9. The molecule has 9 rings (SSSR count). The van der Waals surface area contributed by atoms with Crippen LogP contribution in [0.4, 0.5) is 4.39 Å². The van der Waals surface area contributed by atoms with Crippen molar-refractivity contribution in [2.75, 3.05) is 39.6 Å². The Hall–Kier alpha value is -6.24. The summed E-state index contributed by atoms with van der Waals surface area (Å²) in [6.45, 7) is 2.32. The molecule has 0 saturated heterocycles. The largest absolute Gasteiger partial charge is 0.772 e. The van der Waals surface area contributed by atoms with Gasteiger partial charge in [0.1, 0.15) is 59.3 Å². The predicted molar refractivity (Wildman–Crippen MR) is 246 cm³/mol. The van der Waals surface area contributed by atoms with Gasteiger partial charge in [0.25, 0.3) is 0 Å². The van der Waals surface area contributed by atoms with E-state index in [1.807, 2.05) is 42.2 Å². The zero-order chi connectivity index (χ0) is 44.9. The third-order valence-electron chi connectivity index (χ3n) is 10.5. The molecule has 1 N–H and O–H groups in total. The number of aromatic nitrogens is 4. The standard InChI is InChI=1S/C46H41ClFN5O9S2.CH4/c1-26-33-13-15-37(41(26)47)61-32(22-53(2)18-19-64(56)57)24-59-31-12-14-35(60-23-30-16-17-49-43(52-30)34-6-4-5-7-36(34)58-3)28(20-31)21-38(46(54)55)62-44-40-39(33)42(63-45(40)51-25-50-44)27-8-10-29(48)11-9-27;/h4-17,20,25,32,38H,18-19,21-24H2,1-3H3,(H,54,55)(H,56,57);1H4/p-1/t32-,38-;/m1./s1. The fourth-order valence-corrected chi connectivity index (χ4v) is 9.11. The van der Waals surface area contributed by atoms with Crippen molar-refractivity contribution in [2.24, 2.45) is 0 Å². The van der Waals surface area contributed by atoms with Gasteiger partial charge < -0.3 is 38.2 Å². The van der Waals surface area contributed by atoms with Crippen LogP contribution < -0.4 is 23.7 Å². The molecule has 2 aliphatic rings. The highest BCUT2D eigenvalue weighted by molar-refractivity contribution is 7.79. The van der Waals surface area contributed by atoms with Crippen LogP contribution in [0, 0.1) is 12.7 Å². The molecule has 4 bridgehead atoms. The summed E-state index contributed by atoms with van der Waals surface area (Å²) in [5.74, 6) is 0.370. The number of methoxy groups -OCH3 is 1. The van der Waals surface area contributed by atoms with E-state index in [0.29, 0.717) is 88.0 Å². The first kappa shape index (κ1) is 46.7. The number of carboxylic acid groups (broad SMARTS) is 1. The van der Waals surface area contributed by atoms with Crippen molar-refractivity contribution >= 4 is 50.2 Å². The number of nitrogens with zero attached hydrogens (tertiary/aromatic N) is 5. The normalized spacial score (nSPS) is 15.2. The first-order valence-electron chi connectivity index (χ1n) is 19.9. The molecule has 0 fully saturated rings. The molecule has 2 aliphatic heterocycles. The molecule has 1 unspecified atom stereocenters. The van der Waals surface area contributed by atoms with E-state index in [0.717, 1.165) is 0 Å². The summed E-state index contributed by atoms with van der Waals surface area (Å²) in [7, 11) is 3.35. The van der Waals surface area contributed by atoms with Gasteiger partial charge in [-0.3, -0.25) is 4.21 Å². The Morgan fingerprint density at radius 2 is 1.83 bits per heavy atom. The van der Waals surface area contributed by atoms with E-state index < -0.39 is 35.1 Å². The molecule has 18 heteroatoms. The van der Waals surface area contributed by atoms with Crippen LogP contribution >= 0.6 is 22.9 Å². The number of carboxylic acids is 1. The molecule has 5 heterocycles. The fourth-order valence-electron chi connectivity index (χ4n) is 7.29. The number of fused-ring (bicyclic) bond motifs is 7. The smallest absolute Gasteiger partial charge is 0.345 e. The first-order chi connectivity index (χ1) is 30.9. The second-order valence-electron chi connectivity index (χ2n) is 14.8. The summed E-state index contributed by atoms with van der Waals surface area (Å²) in [5, 5.41) is 11.5. The zero-order valence-corrected chi connectivity index (χ0v) is 37.0. The van der Waals surface area contributed by atoms with Crippen molar-refractivity contribution in [1.29, 1.82) is 0 Å². The first-order valence-corrected chi connectivity index (χ1v) is 22.4. The number of aliphatic carboxylic acids is 1. The molecular weight excluding hydrogens is 897 g/mol. The maximum Gasteiger partial charge on any atom is 0.345 e. The number of hydrogen-bond acceptors (Lipinski definition) is 14. The number of carbonyl (C=O) groups is 1. The summed E-state index contributed by atoms with van der Waals surface area (Å²) in [4.78, 5) is 34.4. The molecular formula is C47H44ClFN5O9S2-. The zero-order valence-electron chi connectivity index (χ0n) is 34.7. The molecule has 0 spiro atoms. The highest BCUT2D eigenvalue weighted by Crippen LogP contribution is 2.49. The van der Waals surface area contributed by atoms with Crippen molar-refractivity contribution in [2.45, 2.75) is 39.6 Å². The Bertz CT molecular complexity index is 2850. The van der Waals surface area contributed by atoms with Crippen LogP contribution in [-0.4, -0.2) is 96.5 Å². The number of ether oxygens (including phenoxy) is 5. The van der Waals surface area contributed by atoms with Gasteiger partial charge in [-0.25, -0.2) is 29.1 Å². The van der Waals surface area contributed by atoms with E-state index in [4.69, 9.17) is 40.3 Å². The quantitative estimate of drug-likeness (QED) is 0.115. The van der Waals surface area contributed by atoms with Crippen molar-refractivity contribution in [1.82, 2.24) is 24.8 Å². The molecule has 7 aromatic rings. The van der Waals surface area contributed by atoms with E-state index in [-0.39, 0.29) is 51.8 Å². The summed E-state index contributed by atoms with van der Waals surface area (Å²) in [6, 6.07) is 23.7. The molecule has 338 valence electrons. The number of thiophene rings is 1. The van der Waals surface area contributed by atoms with E-state index in [1.54, 1.807) is 62.8 Å². The molecule has 0 amide bonds. The SMILES string of the molecule is C.COc1ccccc1-c1nccc(COc2ccc3cc2C[C@H](C(=O)O)Oc2ncnc4sc(-c5ccc(F)cc5)c(c24)-c2ccc(c(Cl)c2C)O[C@H](CN(C)CCS(=O)[O-])CO3)n1. The number of benzene rings is 4. The van der Waals surface area contributed by atoms with Gasteiger partial charge in [-0.05, 0) is 85.3 Å². The molecule has 65 heavy (non-hydrogen) atoms. The molecule has 14 nitrogen and oxygen atoms in total. The van der Waals surface area contributed by atoms with Crippen LogP contribution in [0.2, 0.25) is 5.02 Å². The highest BCUT2D eigenvalue weighted by Gasteiger charge is 2.29. The minimum atomic E-state index is -2.25. The number of halogens is 2. The minimum Gasteiger partial charge on any atom is -0.772 e. The minimum absolute atomic E-state index is 0. The summed E-state index contributed by atoms with van der Waals surface area (Å²) >= 11 is 6.20. The van der Waals surface area contributed by atoms with Gasteiger partial charge in [-0.2, -0.15) is 0 Å². The maximum absolute atomic E-state index is 14.2. The highest BCUT2D eigenvalue weighted by atomic mass is 35.5. The van der Waals surface area contributed by atoms with Crippen molar-refractivity contribution in [3.8, 4) is 61.8 Å². The summed E-state index contributed by atoms with van der Waals surface area (Å²) < 4.78 is 68.3. The topological polar surface area (TPSA) is 178 Å². The second kappa shape index (κ2) is 20.7. The van der Waals surface area contributed by atoms with Crippen LogP contribution in [0.5, 0.6) is 28.9 Å². The number of rotatable bonds is 12. The van der Waals surface area contributed by atoms with E-state index in [9.17, 15) is 23.1 Å². The maximum atomic E-state index is 14.2. The summed E-state index contributed by atoms with van der Waals surface area (Å²) in [5.41, 5.74) is 4.25. The summed E-state index contributed by atoms with van der Waals surface area (Å²) in [6.07, 6.45) is 0.582. The molecule has 3 aromatic heterocycles. The molecule has 0 saturated carbocycles.